The Morgan fingerprint density at radius 3 is 2.48 bits per heavy atom. The summed E-state index contributed by atoms with van der Waals surface area (Å²) in [7, 11) is 3.43. The second-order valence-electron chi connectivity index (χ2n) is 6.16. The highest BCUT2D eigenvalue weighted by Gasteiger charge is 2.38. The minimum absolute atomic E-state index is 0.0352. The monoisotopic (exact) mass is 312 g/mol. The molecule has 1 fully saturated rings. The molecule has 2 aromatic carbocycles. The first kappa shape index (κ1) is 15.9. The molecule has 3 heteroatoms. The summed E-state index contributed by atoms with van der Waals surface area (Å²) in [5.41, 5.74) is 2.12. The fourth-order valence-electron chi connectivity index (χ4n) is 3.99. The largest absolute Gasteiger partial charge is 0.508 e. The summed E-state index contributed by atoms with van der Waals surface area (Å²) in [6, 6.07) is 15.8. The van der Waals surface area contributed by atoms with Gasteiger partial charge in [0.1, 0.15) is 11.5 Å². The number of rotatable bonds is 5. The molecule has 122 valence electrons. The van der Waals surface area contributed by atoms with Crippen molar-refractivity contribution in [2.45, 2.75) is 31.3 Å². The highest BCUT2D eigenvalue weighted by Crippen LogP contribution is 2.51. The zero-order chi connectivity index (χ0) is 16.2. The molecule has 3 rings (SSSR count). The van der Waals surface area contributed by atoms with Crippen molar-refractivity contribution in [2.75, 3.05) is 14.2 Å². The summed E-state index contributed by atoms with van der Waals surface area (Å²) in [6.07, 6.45) is 3.31. The van der Waals surface area contributed by atoms with Crippen molar-refractivity contribution < 1.29 is 14.6 Å². The number of methoxy groups -OCH3 is 2. The molecule has 1 N–H and O–H groups in total. The SMILES string of the molecule is COc1cccc(O)c1[C@H]1CCC[C@@H]1C(OC)c1ccccc1. The predicted molar refractivity (Wildman–Crippen MR) is 90.9 cm³/mol. The molecule has 1 saturated carbocycles. The van der Waals surface area contributed by atoms with Crippen molar-refractivity contribution in [3.8, 4) is 11.5 Å². The lowest BCUT2D eigenvalue weighted by molar-refractivity contribution is 0.0462. The molecule has 0 amide bonds. The molecule has 0 saturated heterocycles. The Labute approximate surface area is 137 Å². The van der Waals surface area contributed by atoms with Gasteiger partial charge in [0.25, 0.3) is 0 Å². The van der Waals surface area contributed by atoms with Crippen LogP contribution in [0.2, 0.25) is 0 Å². The van der Waals surface area contributed by atoms with Gasteiger partial charge >= 0.3 is 0 Å². The smallest absolute Gasteiger partial charge is 0.126 e. The number of aromatic hydroxyl groups is 1. The Bertz CT molecular complexity index is 639. The molecule has 0 heterocycles. The standard InChI is InChI=1S/C20H24O3/c1-22-18-13-7-12-17(21)19(18)15-10-6-11-16(15)20(23-2)14-8-4-3-5-9-14/h3-5,7-9,12-13,15-16,20-21H,6,10-11H2,1-2H3/t15-,16-,20?/m0/s1. The quantitative estimate of drug-likeness (QED) is 0.871. The Hall–Kier alpha value is -2.00. The maximum Gasteiger partial charge on any atom is 0.126 e. The summed E-state index contributed by atoms with van der Waals surface area (Å²) >= 11 is 0. The van der Waals surface area contributed by atoms with Gasteiger partial charge in [0.15, 0.2) is 0 Å². The predicted octanol–water partition coefficient (Wildman–Crippen LogP) is 4.67. The van der Waals surface area contributed by atoms with Gasteiger partial charge in [0, 0.05) is 12.7 Å². The van der Waals surface area contributed by atoms with E-state index < -0.39 is 0 Å². The average Bonchev–Trinajstić information content (AvgIpc) is 3.05. The minimum Gasteiger partial charge on any atom is -0.508 e. The molecule has 0 spiro atoms. The van der Waals surface area contributed by atoms with Crippen molar-refractivity contribution in [1.82, 2.24) is 0 Å². The van der Waals surface area contributed by atoms with Gasteiger partial charge in [-0.25, -0.2) is 0 Å². The number of phenolic OH excluding ortho intramolecular Hbond substituents is 1. The van der Waals surface area contributed by atoms with Crippen LogP contribution >= 0.6 is 0 Å². The van der Waals surface area contributed by atoms with Crippen LogP contribution in [-0.4, -0.2) is 19.3 Å². The van der Waals surface area contributed by atoms with Crippen LogP contribution in [0.4, 0.5) is 0 Å². The molecule has 0 radical (unpaired) electrons. The van der Waals surface area contributed by atoms with Crippen molar-refractivity contribution in [2.24, 2.45) is 5.92 Å². The van der Waals surface area contributed by atoms with E-state index in [2.05, 4.69) is 12.1 Å². The third-order valence-electron chi connectivity index (χ3n) is 4.97. The van der Waals surface area contributed by atoms with E-state index in [0.717, 1.165) is 30.6 Å². The van der Waals surface area contributed by atoms with E-state index in [0.29, 0.717) is 11.7 Å². The number of phenols is 1. The van der Waals surface area contributed by atoms with Gasteiger partial charge in [-0.3, -0.25) is 0 Å². The first-order valence-electron chi connectivity index (χ1n) is 8.20. The first-order chi connectivity index (χ1) is 11.3. The zero-order valence-corrected chi connectivity index (χ0v) is 13.7. The van der Waals surface area contributed by atoms with Crippen LogP contribution in [0.3, 0.4) is 0 Å². The molecular weight excluding hydrogens is 288 g/mol. The maximum atomic E-state index is 10.4. The summed E-state index contributed by atoms with van der Waals surface area (Å²) < 4.78 is 11.4. The molecule has 1 aliphatic carbocycles. The van der Waals surface area contributed by atoms with Crippen molar-refractivity contribution in [3.05, 3.63) is 59.7 Å². The van der Waals surface area contributed by atoms with Crippen LogP contribution in [-0.2, 0) is 4.74 Å². The topological polar surface area (TPSA) is 38.7 Å². The highest BCUT2D eigenvalue weighted by atomic mass is 16.5. The van der Waals surface area contributed by atoms with Crippen molar-refractivity contribution >= 4 is 0 Å². The molecule has 2 aromatic rings. The lowest BCUT2D eigenvalue weighted by atomic mass is 9.82. The Balaban J connectivity index is 1.97. The van der Waals surface area contributed by atoms with Crippen LogP contribution in [0.25, 0.3) is 0 Å². The lowest BCUT2D eigenvalue weighted by Crippen LogP contribution is -2.18. The van der Waals surface area contributed by atoms with E-state index in [-0.39, 0.29) is 12.0 Å². The molecular formula is C20H24O3. The second-order valence-corrected chi connectivity index (χ2v) is 6.16. The van der Waals surface area contributed by atoms with E-state index in [1.54, 1.807) is 20.3 Å². The van der Waals surface area contributed by atoms with E-state index in [9.17, 15) is 5.11 Å². The Morgan fingerprint density at radius 1 is 1.00 bits per heavy atom. The number of ether oxygens (including phenoxy) is 2. The average molecular weight is 312 g/mol. The summed E-state index contributed by atoms with van der Waals surface area (Å²) in [5.74, 6) is 1.68. The van der Waals surface area contributed by atoms with Crippen LogP contribution < -0.4 is 4.74 Å². The van der Waals surface area contributed by atoms with Crippen molar-refractivity contribution in [3.63, 3.8) is 0 Å². The van der Waals surface area contributed by atoms with Crippen molar-refractivity contribution in [1.29, 1.82) is 0 Å². The minimum atomic E-state index is 0.0352. The Morgan fingerprint density at radius 2 is 1.78 bits per heavy atom. The molecule has 0 aliphatic heterocycles. The Kier molecular flexibility index (Phi) is 4.87. The lowest BCUT2D eigenvalue weighted by Gasteiger charge is -2.29. The zero-order valence-electron chi connectivity index (χ0n) is 13.7. The van der Waals surface area contributed by atoms with E-state index in [4.69, 9.17) is 9.47 Å². The highest BCUT2D eigenvalue weighted by molar-refractivity contribution is 5.47. The van der Waals surface area contributed by atoms with Gasteiger partial charge in [-0.1, -0.05) is 42.8 Å². The second kappa shape index (κ2) is 7.05. The molecule has 3 atom stereocenters. The van der Waals surface area contributed by atoms with E-state index in [1.165, 1.54) is 5.56 Å². The van der Waals surface area contributed by atoms with Gasteiger partial charge < -0.3 is 14.6 Å². The molecule has 3 nitrogen and oxygen atoms in total. The first-order valence-corrected chi connectivity index (χ1v) is 8.20. The van der Waals surface area contributed by atoms with Gasteiger partial charge in [0.2, 0.25) is 0 Å². The van der Waals surface area contributed by atoms with Crippen LogP contribution in [0, 0.1) is 5.92 Å². The third kappa shape index (κ3) is 3.06. The fourth-order valence-corrected chi connectivity index (χ4v) is 3.99. The van der Waals surface area contributed by atoms with Gasteiger partial charge in [0.05, 0.1) is 13.2 Å². The molecule has 23 heavy (non-hydrogen) atoms. The molecule has 0 aromatic heterocycles. The molecule has 0 bridgehead atoms. The number of benzene rings is 2. The van der Waals surface area contributed by atoms with Gasteiger partial charge in [-0.2, -0.15) is 0 Å². The van der Waals surface area contributed by atoms with Crippen LogP contribution in [0.5, 0.6) is 11.5 Å². The number of hydrogen-bond donors (Lipinski definition) is 1. The van der Waals surface area contributed by atoms with Crippen LogP contribution in [0.15, 0.2) is 48.5 Å². The van der Waals surface area contributed by atoms with Gasteiger partial charge in [-0.05, 0) is 42.4 Å². The van der Waals surface area contributed by atoms with E-state index in [1.807, 2.05) is 30.3 Å². The maximum absolute atomic E-state index is 10.4. The molecule has 1 aliphatic rings. The third-order valence-corrected chi connectivity index (χ3v) is 4.97. The fraction of sp³-hybridized carbons (Fsp3) is 0.400. The van der Waals surface area contributed by atoms with Crippen LogP contribution in [0.1, 0.15) is 42.4 Å². The molecule has 1 unspecified atom stereocenters. The normalized spacial score (nSPS) is 22.0. The summed E-state index contributed by atoms with van der Waals surface area (Å²) in [6.45, 7) is 0. The van der Waals surface area contributed by atoms with Gasteiger partial charge in [-0.15, -0.1) is 0 Å². The van der Waals surface area contributed by atoms with E-state index >= 15 is 0 Å². The summed E-state index contributed by atoms with van der Waals surface area (Å²) in [4.78, 5) is 0. The number of hydrogen-bond acceptors (Lipinski definition) is 3. The summed E-state index contributed by atoms with van der Waals surface area (Å²) in [5, 5.41) is 10.4.